The van der Waals surface area contributed by atoms with Gasteiger partial charge in [0.2, 0.25) is 0 Å². The Hall–Kier alpha value is -4.19. The fourth-order valence-electron chi connectivity index (χ4n) is 4.14. The molecule has 1 aliphatic rings. The summed E-state index contributed by atoms with van der Waals surface area (Å²) in [6.45, 7) is 2.50. The van der Waals surface area contributed by atoms with Crippen LogP contribution in [0.25, 0.3) is 28.2 Å². The van der Waals surface area contributed by atoms with Crippen molar-refractivity contribution in [2.45, 2.75) is 6.92 Å². The Balaban J connectivity index is 1.81. The fourth-order valence-corrected chi connectivity index (χ4v) is 4.14. The molecule has 0 fully saturated rings. The van der Waals surface area contributed by atoms with E-state index in [1.807, 2.05) is 61.5 Å². The molecule has 3 aromatic carbocycles. The van der Waals surface area contributed by atoms with Crippen LogP contribution in [-0.2, 0) is 4.79 Å². The highest BCUT2D eigenvalue weighted by Crippen LogP contribution is 2.37. The van der Waals surface area contributed by atoms with Crippen molar-refractivity contribution in [2.75, 3.05) is 18.6 Å². The highest BCUT2D eigenvalue weighted by atomic mass is 16.5. The molecule has 5 rings (SSSR count). The number of para-hydroxylation sites is 2. The van der Waals surface area contributed by atoms with Crippen LogP contribution in [0.2, 0.25) is 0 Å². The summed E-state index contributed by atoms with van der Waals surface area (Å²) < 4.78 is 6.89. The largest absolute Gasteiger partial charge is 0.497 e. The first kappa shape index (κ1) is 19.8. The molecule has 0 spiro atoms. The lowest BCUT2D eigenvalue weighted by molar-refractivity contribution is -0.112. The molecule has 4 aromatic rings. The highest BCUT2D eigenvalue weighted by Gasteiger charge is 2.31. The molecule has 1 aromatic heterocycles. The minimum absolute atomic E-state index is 0.103. The first-order valence-electron chi connectivity index (χ1n) is 10.4. The lowest BCUT2D eigenvalue weighted by atomic mass is 10.1. The molecule has 0 atom stereocenters. The van der Waals surface area contributed by atoms with Gasteiger partial charge in [0.15, 0.2) is 0 Å². The van der Waals surface area contributed by atoms with Crippen molar-refractivity contribution in [1.82, 2.24) is 9.55 Å². The average Bonchev–Trinajstić information content (AvgIpc) is 3.10. The Bertz CT molecular complexity index is 1450. The van der Waals surface area contributed by atoms with E-state index in [-0.39, 0.29) is 11.5 Å². The Labute approximate surface area is 185 Å². The predicted molar refractivity (Wildman–Crippen MR) is 126 cm³/mol. The van der Waals surface area contributed by atoms with Crippen molar-refractivity contribution < 1.29 is 9.53 Å². The number of ether oxygens (including phenoxy) is 1. The SMILES string of the molecule is CCN1C(=O)/C(=C\c2nc3ccccc3c(=O)n2-c2cccc(OC)c2)c2ccccc21. The number of hydrogen-bond donors (Lipinski definition) is 0. The van der Waals surface area contributed by atoms with Gasteiger partial charge in [0.05, 0.1) is 35.0 Å². The number of fused-ring (bicyclic) bond motifs is 2. The molecule has 2 heterocycles. The third kappa shape index (κ3) is 3.08. The molecule has 0 bridgehead atoms. The van der Waals surface area contributed by atoms with Gasteiger partial charge in [-0.05, 0) is 43.3 Å². The zero-order valence-electron chi connectivity index (χ0n) is 17.8. The summed E-state index contributed by atoms with van der Waals surface area (Å²) in [4.78, 5) is 33.2. The predicted octanol–water partition coefficient (Wildman–Crippen LogP) is 4.30. The standard InChI is InChI=1S/C26H21N3O3/c1-3-28-23-14-7-5-11-19(23)21(25(28)30)16-24-27-22-13-6-4-12-20(22)26(31)29(24)17-9-8-10-18(15-17)32-2/h4-16H,3H2,1-2H3/b21-16-. The lowest BCUT2D eigenvalue weighted by Crippen LogP contribution is -2.26. The molecule has 1 aliphatic heterocycles. The van der Waals surface area contributed by atoms with E-state index in [2.05, 4.69) is 0 Å². The Morgan fingerprint density at radius 2 is 1.75 bits per heavy atom. The smallest absolute Gasteiger partial charge is 0.266 e. The van der Waals surface area contributed by atoms with Gasteiger partial charge in [0.25, 0.3) is 11.5 Å². The maximum absolute atomic E-state index is 13.5. The van der Waals surface area contributed by atoms with Crippen LogP contribution >= 0.6 is 0 Å². The van der Waals surface area contributed by atoms with Crippen LogP contribution in [0.3, 0.4) is 0 Å². The van der Waals surface area contributed by atoms with Gasteiger partial charge in [-0.25, -0.2) is 4.98 Å². The Morgan fingerprint density at radius 1 is 0.969 bits per heavy atom. The number of carbonyl (C=O) groups is 1. The number of anilines is 1. The third-order valence-corrected chi connectivity index (χ3v) is 5.66. The molecule has 32 heavy (non-hydrogen) atoms. The van der Waals surface area contributed by atoms with Crippen molar-refractivity contribution in [3.05, 3.63) is 94.5 Å². The first-order chi connectivity index (χ1) is 15.6. The van der Waals surface area contributed by atoms with Crippen LogP contribution in [0.4, 0.5) is 5.69 Å². The number of benzene rings is 3. The number of rotatable bonds is 4. The van der Waals surface area contributed by atoms with E-state index in [1.165, 1.54) is 4.57 Å². The van der Waals surface area contributed by atoms with Crippen LogP contribution in [0.5, 0.6) is 5.75 Å². The summed E-state index contributed by atoms with van der Waals surface area (Å²) in [5.41, 5.74) is 3.20. The van der Waals surface area contributed by atoms with Gasteiger partial charge < -0.3 is 9.64 Å². The van der Waals surface area contributed by atoms with Gasteiger partial charge in [-0.2, -0.15) is 0 Å². The monoisotopic (exact) mass is 423 g/mol. The quantitative estimate of drug-likeness (QED) is 0.459. The van der Waals surface area contributed by atoms with Gasteiger partial charge in [0.1, 0.15) is 11.6 Å². The molecule has 1 amide bonds. The van der Waals surface area contributed by atoms with E-state index >= 15 is 0 Å². The zero-order chi connectivity index (χ0) is 22.2. The lowest BCUT2D eigenvalue weighted by Gasteiger charge is -2.14. The molecule has 0 saturated heterocycles. The van der Waals surface area contributed by atoms with Crippen molar-refractivity contribution >= 4 is 34.1 Å². The molecule has 6 nitrogen and oxygen atoms in total. The fraction of sp³-hybridized carbons (Fsp3) is 0.115. The van der Waals surface area contributed by atoms with Gasteiger partial charge in [0, 0.05) is 18.2 Å². The zero-order valence-corrected chi connectivity index (χ0v) is 17.8. The molecule has 0 unspecified atom stereocenters. The minimum atomic E-state index is -0.207. The number of hydrogen-bond acceptors (Lipinski definition) is 4. The van der Waals surface area contributed by atoms with E-state index in [0.29, 0.717) is 40.3 Å². The maximum Gasteiger partial charge on any atom is 0.266 e. The summed E-state index contributed by atoms with van der Waals surface area (Å²) in [6, 6.07) is 22.1. The van der Waals surface area contributed by atoms with E-state index in [4.69, 9.17) is 9.72 Å². The Kier molecular flexibility index (Phi) is 4.82. The van der Waals surface area contributed by atoms with Gasteiger partial charge >= 0.3 is 0 Å². The van der Waals surface area contributed by atoms with Crippen molar-refractivity contribution in [3.8, 4) is 11.4 Å². The number of nitrogens with zero attached hydrogens (tertiary/aromatic N) is 3. The average molecular weight is 423 g/mol. The van der Waals surface area contributed by atoms with Crippen molar-refractivity contribution in [3.63, 3.8) is 0 Å². The summed E-state index contributed by atoms with van der Waals surface area (Å²) in [5.74, 6) is 0.909. The summed E-state index contributed by atoms with van der Waals surface area (Å²) >= 11 is 0. The van der Waals surface area contributed by atoms with Crippen molar-refractivity contribution in [2.24, 2.45) is 0 Å². The molecule has 0 aliphatic carbocycles. The summed E-state index contributed by atoms with van der Waals surface area (Å²) in [6.07, 6.45) is 1.71. The Morgan fingerprint density at radius 3 is 2.56 bits per heavy atom. The van der Waals surface area contributed by atoms with Crippen LogP contribution in [0.15, 0.2) is 77.6 Å². The topological polar surface area (TPSA) is 64.4 Å². The third-order valence-electron chi connectivity index (χ3n) is 5.66. The van der Waals surface area contributed by atoms with Gasteiger partial charge in [-0.15, -0.1) is 0 Å². The van der Waals surface area contributed by atoms with E-state index in [0.717, 1.165) is 11.3 Å². The minimum Gasteiger partial charge on any atom is -0.497 e. The van der Waals surface area contributed by atoms with Gasteiger partial charge in [-0.3, -0.25) is 14.2 Å². The molecule has 0 saturated carbocycles. The highest BCUT2D eigenvalue weighted by molar-refractivity contribution is 6.35. The maximum atomic E-state index is 13.5. The van der Waals surface area contributed by atoms with E-state index in [1.54, 1.807) is 36.3 Å². The van der Waals surface area contributed by atoms with Crippen LogP contribution in [0.1, 0.15) is 18.3 Å². The number of aromatic nitrogens is 2. The first-order valence-corrected chi connectivity index (χ1v) is 10.4. The second-order valence-electron chi connectivity index (χ2n) is 7.45. The van der Waals surface area contributed by atoms with Gasteiger partial charge in [-0.1, -0.05) is 36.4 Å². The number of amides is 1. The van der Waals surface area contributed by atoms with Crippen molar-refractivity contribution in [1.29, 1.82) is 0 Å². The van der Waals surface area contributed by atoms with Crippen LogP contribution in [-0.4, -0.2) is 29.1 Å². The second kappa shape index (κ2) is 7.81. The summed E-state index contributed by atoms with van der Waals surface area (Å²) in [5, 5.41) is 0.505. The molecule has 0 N–H and O–H groups in total. The summed E-state index contributed by atoms with van der Waals surface area (Å²) in [7, 11) is 1.58. The van der Waals surface area contributed by atoms with E-state index < -0.39 is 0 Å². The van der Waals surface area contributed by atoms with Crippen LogP contribution in [0, 0.1) is 0 Å². The molecule has 6 heteroatoms. The molecular formula is C26H21N3O3. The molecule has 158 valence electrons. The number of methoxy groups -OCH3 is 1. The van der Waals surface area contributed by atoms with E-state index in [9.17, 15) is 9.59 Å². The second-order valence-corrected chi connectivity index (χ2v) is 7.45. The molecular weight excluding hydrogens is 402 g/mol. The number of carbonyl (C=O) groups excluding carboxylic acids is 1. The van der Waals surface area contributed by atoms with Crippen LogP contribution < -0.4 is 15.2 Å². The number of likely N-dealkylation sites (N-methyl/N-ethyl adjacent to an activating group) is 1. The molecule has 0 radical (unpaired) electrons. The normalized spacial score (nSPS) is 14.2.